The van der Waals surface area contributed by atoms with E-state index in [1.54, 1.807) is 37.4 Å². The van der Waals surface area contributed by atoms with E-state index in [4.69, 9.17) is 4.74 Å². The largest absolute Gasteiger partial charge is 0.462 e. The highest BCUT2D eigenvalue weighted by Gasteiger charge is 2.09. The lowest BCUT2D eigenvalue weighted by Gasteiger charge is -2.04. The number of benzene rings is 2. The molecule has 0 bridgehead atoms. The number of ether oxygens (including phenoxy) is 1. The summed E-state index contributed by atoms with van der Waals surface area (Å²) < 4.78 is 4.97. The number of aromatic nitrogens is 1. The van der Waals surface area contributed by atoms with E-state index in [0.717, 1.165) is 16.9 Å². The van der Waals surface area contributed by atoms with Crippen LogP contribution in [0.1, 0.15) is 27.9 Å². The van der Waals surface area contributed by atoms with Gasteiger partial charge >= 0.3 is 5.97 Å². The first-order valence-corrected chi connectivity index (χ1v) is 9.65. The van der Waals surface area contributed by atoms with Gasteiger partial charge in [0.15, 0.2) is 0 Å². The monoisotopic (exact) mass is 389 g/mol. The second-order valence-corrected chi connectivity index (χ2v) is 6.87. The summed E-state index contributed by atoms with van der Waals surface area (Å²) in [6.45, 7) is 4.15. The minimum atomic E-state index is -0.353. The third-order valence-electron chi connectivity index (χ3n) is 3.98. The lowest BCUT2D eigenvalue weighted by molar-refractivity contribution is 0.0526. The highest BCUT2D eigenvalue weighted by Crippen LogP contribution is 2.26. The summed E-state index contributed by atoms with van der Waals surface area (Å²) >= 11 is 1.43. The first-order valence-electron chi connectivity index (χ1n) is 8.77. The number of carbonyl (C=O) groups is 1. The van der Waals surface area contributed by atoms with Crippen LogP contribution in [-0.4, -0.2) is 17.6 Å². The summed E-state index contributed by atoms with van der Waals surface area (Å²) in [7, 11) is 0. The molecule has 0 saturated heterocycles. The lowest BCUT2D eigenvalue weighted by atomic mass is 10.1. The molecule has 1 N–H and O–H groups in total. The molecule has 2 aromatic carbocycles. The summed E-state index contributed by atoms with van der Waals surface area (Å²) in [4.78, 5) is 16.3. The van der Waals surface area contributed by atoms with E-state index < -0.39 is 0 Å². The number of carbonyl (C=O) groups excluding carboxylic acids is 1. The Kier molecular flexibility index (Phi) is 6.20. The van der Waals surface area contributed by atoms with E-state index in [0.29, 0.717) is 22.8 Å². The topological polar surface area (TPSA) is 75.0 Å². The Balaban J connectivity index is 1.73. The molecule has 1 aromatic heterocycles. The molecule has 3 rings (SSSR count). The zero-order chi connectivity index (χ0) is 19.9. The minimum Gasteiger partial charge on any atom is -0.462 e. The number of rotatable bonds is 6. The van der Waals surface area contributed by atoms with Crippen LogP contribution < -0.4 is 5.32 Å². The van der Waals surface area contributed by atoms with Crippen LogP contribution in [0, 0.1) is 18.3 Å². The number of hydrogen-bond acceptors (Lipinski definition) is 6. The van der Waals surface area contributed by atoms with E-state index >= 15 is 0 Å². The summed E-state index contributed by atoms with van der Waals surface area (Å²) in [6, 6.07) is 17.2. The van der Waals surface area contributed by atoms with Crippen LogP contribution in [0.15, 0.2) is 60.1 Å². The number of thiazole rings is 1. The predicted molar refractivity (Wildman–Crippen MR) is 112 cm³/mol. The first kappa shape index (κ1) is 19.3. The number of allylic oxidation sites excluding steroid dienone is 1. The number of aryl methyl sites for hydroxylation is 1. The average Bonchev–Trinajstić information content (AvgIpc) is 3.20. The third-order valence-corrected chi connectivity index (χ3v) is 4.86. The minimum absolute atomic E-state index is 0.339. The van der Waals surface area contributed by atoms with Crippen LogP contribution in [0.2, 0.25) is 0 Å². The molecule has 6 heteroatoms. The van der Waals surface area contributed by atoms with Gasteiger partial charge in [0.2, 0.25) is 0 Å². The fourth-order valence-electron chi connectivity index (χ4n) is 2.47. The molecular weight excluding hydrogens is 370 g/mol. The van der Waals surface area contributed by atoms with Crippen LogP contribution in [0.25, 0.3) is 16.8 Å². The van der Waals surface area contributed by atoms with Gasteiger partial charge in [0.1, 0.15) is 16.6 Å². The highest BCUT2D eigenvalue weighted by atomic mass is 32.1. The lowest BCUT2D eigenvalue weighted by Crippen LogP contribution is -2.04. The molecule has 0 aliphatic heterocycles. The number of nitriles is 1. The molecule has 0 atom stereocenters. The van der Waals surface area contributed by atoms with Crippen molar-refractivity contribution in [3.8, 4) is 17.3 Å². The molecule has 0 amide bonds. The van der Waals surface area contributed by atoms with Crippen molar-refractivity contribution < 1.29 is 9.53 Å². The zero-order valence-corrected chi connectivity index (χ0v) is 16.4. The Morgan fingerprint density at radius 2 is 1.93 bits per heavy atom. The van der Waals surface area contributed by atoms with Gasteiger partial charge < -0.3 is 10.1 Å². The molecule has 1 heterocycles. The molecule has 0 unspecified atom stereocenters. The Hall–Kier alpha value is -3.43. The fraction of sp³-hybridized carbons (Fsp3) is 0.136. The van der Waals surface area contributed by atoms with Gasteiger partial charge in [-0.25, -0.2) is 9.78 Å². The number of nitrogens with zero attached hydrogens (tertiary/aromatic N) is 2. The van der Waals surface area contributed by atoms with E-state index in [1.807, 2.05) is 36.6 Å². The van der Waals surface area contributed by atoms with Crippen molar-refractivity contribution in [2.24, 2.45) is 0 Å². The van der Waals surface area contributed by atoms with Crippen molar-refractivity contribution in [2.75, 3.05) is 11.9 Å². The quantitative estimate of drug-likeness (QED) is 0.459. The molecule has 140 valence electrons. The maximum atomic E-state index is 11.7. The van der Waals surface area contributed by atoms with Gasteiger partial charge in [-0.3, -0.25) is 0 Å². The first-order chi connectivity index (χ1) is 13.6. The molecule has 28 heavy (non-hydrogen) atoms. The predicted octanol–water partition coefficient (Wildman–Crippen LogP) is 5.27. The maximum absolute atomic E-state index is 11.7. The third kappa shape index (κ3) is 4.64. The van der Waals surface area contributed by atoms with Gasteiger partial charge in [-0.15, -0.1) is 11.3 Å². The van der Waals surface area contributed by atoms with Crippen LogP contribution in [0.4, 0.5) is 5.69 Å². The van der Waals surface area contributed by atoms with Crippen molar-refractivity contribution in [2.45, 2.75) is 13.8 Å². The number of hydrogen-bond donors (Lipinski definition) is 1. The second-order valence-electron chi connectivity index (χ2n) is 6.02. The summed E-state index contributed by atoms with van der Waals surface area (Å²) in [5.74, 6) is -0.353. The van der Waals surface area contributed by atoms with Gasteiger partial charge in [0.05, 0.1) is 17.9 Å². The number of anilines is 1. The van der Waals surface area contributed by atoms with Crippen molar-refractivity contribution >= 4 is 28.6 Å². The van der Waals surface area contributed by atoms with Crippen molar-refractivity contribution in [3.05, 3.63) is 76.2 Å². The Bertz CT molecular complexity index is 1030. The molecule has 0 saturated carbocycles. The van der Waals surface area contributed by atoms with Crippen molar-refractivity contribution in [1.29, 1.82) is 5.26 Å². The average molecular weight is 389 g/mol. The van der Waals surface area contributed by atoms with Gasteiger partial charge in [0, 0.05) is 22.8 Å². The van der Waals surface area contributed by atoms with Gasteiger partial charge in [-0.05, 0) is 38.1 Å². The maximum Gasteiger partial charge on any atom is 0.338 e. The van der Waals surface area contributed by atoms with E-state index in [-0.39, 0.29) is 5.97 Å². The molecule has 0 radical (unpaired) electrons. The number of nitrogens with one attached hydrogen (secondary N) is 1. The molecule has 0 fully saturated rings. The van der Waals surface area contributed by atoms with Crippen LogP contribution in [-0.2, 0) is 4.74 Å². The van der Waals surface area contributed by atoms with E-state index in [2.05, 4.69) is 16.4 Å². The van der Waals surface area contributed by atoms with Crippen LogP contribution >= 0.6 is 11.3 Å². The summed E-state index contributed by atoms with van der Waals surface area (Å²) in [5, 5.41) is 15.2. The van der Waals surface area contributed by atoms with Gasteiger partial charge in [0.25, 0.3) is 0 Å². The molecule has 5 nitrogen and oxygen atoms in total. The Labute approximate surface area is 167 Å². The van der Waals surface area contributed by atoms with E-state index in [9.17, 15) is 10.1 Å². The van der Waals surface area contributed by atoms with Gasteiger partial charge in [-0.1, -0.05) is 29.8 Å². The Morgan fingerprint density at radius 1 is 1.21 bits per heavy atom. The van der Waals surface area contributed by atoms with Gasteiger partial charge in [-0.2, -0.15) is 5.26 Å². The molecule has 3 aromatic rings. The number of esters is 1. The molecule has 0 spiro atoms. The van der Waals surface area contributed by atoms with Crippen LogP contribution in [0.3, 0.4) is 0 Å². The Morgan fingerprint density at radius 3 is 2.57 bits per heavy atom. The van der Waals surface area contributed by atoms with E-state index in [1.165, 1.54) is 16.9 Å². The standard InChI is InChI=1S/C22H19N3O2S/c1-3-27-22(26)17-8-10-19(11-9-17)24-13-18(12-23)21-25-20(14-28-21)16-6-4-15(2)5-7-16/h4-11,13-14,24H,3H2,1-2H3/b18-13+. The highest BCUT2D eigenvalue weighted by molar-refractivity contribution is 7.11. The molecule has 0 aliphatic rings. The SMILES string of the molecule is CCOC(=O)c1ccc(N/C=C(\C#N)c2nc(-c3ccc(C)cc3)cs2)cc1. The second kappa shape index (κ2) is 8.98. The molecule has 0 aliphatic carbocycles. The van der Waals surface area contributed by atoms with Crippen LogP contribution in [0.5, 0.6) is 0 Å². The van der Waals surface area contributed by atoms with Crippen molar-refractivity contribution in [3.63, 3.8) is 0 Å². The summed E-state index contributed by atoms with van der Waals surface area (Å²) in [5.41, 5.74) is 4.75. The molecular formula is C22H19N3O2S. The zero-order valence-electron chi connectivity index (χ0n) is 15.6. The van der Waals surface area contributed by atoms with Crippen molar-refractivity contribution in [1.82, 2.24) is 4.98 Å². The smallest absolute Gasteiger partial charge is 0.338 e. The normalized spacial score (nSPS) is 11.0. The summed E-state index contributed by atoms with van der Waals surface area (Å²) in [6.07, 6.45) is 1.62. The fourth-order valence-corrected chi connectivity index (χ4v) is 3.26.